The van der Waals surface area contributed by atoms with Gasteiger partial charge in [-0.2, -0.15) is 0 Å². The molecule has 14 heavy (non-hydrogen) atoms. The van der Waals surface area contributed by atoms with Crippen LogP contribution >= 0.6 is 0 Å². The highest BCUT2D eigenvalue weighted by Gasteiger charge is 2.14. The predicted octanol–water partition coefficient (Wildman–Crippen LogP) is 2.06. The normalized spacial score (nSPS) is 22.5. The molecule has 0 amide bonds. The molecular formula is C11H18O3. The van der Waals surface area contributed by atoms with E-state index in [4.69, 9.17) is 9.47 Å². The highest BCUT2D eigenvalue weighted by atomic mass is 16.6. The van der Waals surface area contributed by atoms with Crippen molar-refractivity contribution in [3.05, 3.63) is 12.2 Å². The third-order valence-electron chi connectivity index (χ3n) is 2.27. The van der Waals surface area contributed by atoms with Crippen LogP contribution in [0.15, 0.2) is 12.2 Å². The average Bonchev–Trinajstić information content (AvgIpc) is 2.42. The highest BCUT2D eigenvalue weighted by molar-refractivity contribution is 5.86. The van der Waals surface area contributed by atoms with Gasteiger partial charge in [0.1, 0.15) is 6.61 Å². The SMILES string of the molecule is C=C(C)C(=O)OCC1CCCCCO1. The van der Waals surface area contributed by atoms with Crippen molar-refractivity contribution in [2.45, 2.75) is 38.7 Å². The lowest BCUT2D eigenvalue weighted by molar-refractivity contribution is -0.143. The molecule has 1 aliphatic rings. The second-order valence-electron chi connectivity index (χ2n) is 3.72. The summed E-state index contributed by atoms with van der Waals surface area (Å²) in [4.78, 5) is 11.1. The van der Waals surface area contributed by atoms with E-state index in [1.807, 2.05) is 0 Å². The zero-order valence-electron chi connectivity index (χ0n) is 8.75. The molecule has 1 saturated heterocycles. The molecule has 0 N–H and O–H groups in total. The van der Waals surface area contributed by atoms with Gasteiger partial charge in [-0.05, 0) is 19.8 Å². The van der Waals surface area contributed by atoms with Gasteiger partial charge >= 0.3 is 5.97 Å². The van der Waals surface area contributed by atoms with Crippen LogP contribution in [0.5, 0.6) is 0 Å². The molecule has 3 nitrogen and oxygen atoms in total. The first-order chi connectivity index (χ1) is 6.70. The standard InChI is InChI=1S/C11H18O3/c1-9(2)11(12)14-8-10-6-4-3-5-7-13-10/h10H,1,3-8H2,2H3. The highest BCUT2D eigenvalue weighted by Crippen LogP contribution is 2.13. The van der Waals surface area contributed by atoms with E-state index >= 15 is 0 Å². The van der Waals surface area contributed by atoms with E-state index < -0.39 is 0 Å². The van der Waals surface area contributed by atoms with Crippen molar-refractivity contribution < 1.29 is 14.3 Å². The fourth-order valence-electron chi connectivity index (χ4n) is 1.41. The summed E-state index contributed by atoms with van der Waals surface area (Å²) in [5, 5.41) is 0. The Bertz CT molecular complexity index is 203. The number of esters is 1. The van der Waals surface area contributed by atoms with Gasteiger partial charge in [-0.25, -0.2) is 4.79 Å². The first-order valence-electron chi connectivity index (χ1n) is 5.14. The minimum atomic E-state index is -0.321. The minimum Gasteiger partial charge on any atom is -0.460 e. The molecule has 1 atom stereocenters. The number of carbonyl (C=O) groups is 1. The van der Waals surface area contributed by atoms with Gasteiger partial charge in [0.2, 0.25) is 0 Å². The molecule has 0 aromatic carbocycles. The monoisotopic (exact) mass is 198 g/mol. The van der Waals surface area contributed by atoms with Gasteiger partial charge in [0.25, 0.3) is 0 Å². The number of carbonyl (C=O) groups excluding carboxylic acids is 1. The lowest BCUT2D eigenvalue weighted by atomic mass is 10.1. The van der Waals surface area contributed by atoms with Crippen molar-refractivity contribution >= 4 is 5.97 Å². The molecular weight excluding hydrogens is 180 g/mol. The topological polar surface area (TPSA) is 35.5 Å². The Morgan fingerprint density at radius 3 is 3.00 bits per heavy atom. The molecule has 0 aromatic rings. The number of ether oxygens (including phenoxy) is 2. The predicted molar refractivity (Wildman–Crippen MR) is 54.0 cm³/mol. The fourth-order valence-corrected chi connectivity index (χ4v) is 1.41. The van der Waals surface area contributed by atoms with Gasteiger partial charge in [-0.1, -0.05) is 19.4 Å². The molecule has 0 spiro atoms. The molecule has 1 aliphatic heterocycles. The molecule has 80 valence electrons. The van der Waals surface area contributed by atoms with Crippen LogP contribution in [0.2, 0.25) is 0 Å². The molecule has 1 fully saturated rings. The van der Waals surface area contributed by atoms with Crippen molar-refractivity contribution in [1.82, 2.24) is 0 Å². The maximum absolute atomic E-state index is 11.1. The van der Waals surface area contributed by atoms with Crippen molar-refractivity contribution in [1.29, 1.82) is 0 Å². The van der Waals surface area contributed by atoms with Gasteiger partial charge in [0.15, 0.2) is 0 Å². The summed E-state index contributed by atoms with van der Waals surface area (Å²) < 4.78 is 10.6. The first kappa shape index (κ1) is 11.2. The van der Waals surface area contributed by atoms with Gasteiger partial charge in [0, 0.05) is 12.2 Å². The van der Waals surface area contributed by atoms with Crippen LogP contribution in [0.4, 0.5) is 0 Å². The Labute approximate surface area is 85.1 Å². The van der Waals surface area contributed by atoms with Crippen LogP contribution < -0.4 is 0 Å². The largest absolute Gasteiger partial charge is 0.460 e. The summed E-state index contributed by atoms with van der Waals surface area (Å²) in [7, 11) is 0. The molecule has 0 saturated carbocycles. The number of hydrogen-bond donors (Lipinski definition) is 0. The first-order valence-corrected chi connectivity index (χ1v) is 5.14. The van der Waals surface area contributed by atoms with Gasteiger partial charge in [-0.3, -0.25) is 0 Å². The Morgan fingerprint density at radius 1 is 1.50 bits per heavy atom. The van der Waals surface area contributed by atoms with E-state index in [-0.39, 0.29) is 12.1 Å². The number of hydrogen-bond acceptors (Lipinski definition) is 3. The molecule has 1 unspecified atom stereocenters. The van der Waals surface area contributed by atoms with E-state index in [9.17, 15) is 4.79 Å². The lowest BCUT2D eigenvalue weighted by Crippen LogP contribution is -2.21. The molecule has 0 aliphatic carbocycles. The summed E-state index contributed by atoms with van der Waals surface area (Å²) in [6, 6.07) is 0. The summed E-state index contributed by atoms with van der Waals surface area (Å²) in [6.45, 7) is 6.32. The maximum atomic E-state index is 11.1. The lowest BCUT2D eigenvalue weighted by Gasteiger charge is -2.14. The van der Waals surface area contributed by atoms with Crippen LogP contribution in [-0.2, 0) is 14.3 Å². The van der Waals surface area contributed by atoms with Crippen molar-refractivity contribution in [3.8, 4) is 0 Å². The van der Waals surface area contributed by atoms with Crippen LogP contribution in [0.3, 0.4) is 0 Å². The summed E-state index contributed by atoms with van der Waals surface area (Å²) in [6.07, 6.45) is 4.56. The molecule has 0 bridgehead atoms. The minimum absolute atomic E-state index is 0.0841. The third-order valence-corrected chi connectivity index (χ3v) is 2.27. The second-order valence-corrected chi connectivity index (χ2v) is 3.72. The zero-order valence-corrected chi connectivity index (χ0v) is 8.75. The molecule has 3 heteroatoms. The zero-order chi connectivity index (χ0) is 10.4. The summed E-state index contributed by atoms with van der Waals surface area (Å²) >= 11 is 0. The molecule has 1 rings (SSSR count). The van der Waals surface area contributed by atoms with Crippen LogP contribution in [0.25, 0.3) is 0 Å². The number of rotatable bonds is 3. The fraction of sp³-hybridized carbons (Fsp3) is 0.727. The van der Waals surface area contributed by atoms with E-state index in [0.29, 0.717) is 12.2 Å². The van der Waals surface area contributed by atoms with Gasteiger partial charge < -0.3 is 9.47 Å². The Hall–Kier alpha value is -0.830. The average molecular weight is 198 g/mol. The maximum Gasteiger partial charge on any atom is 0.333 e. The van der Waals surface area contributed by atoms with E-state index in [1.54, 1.807) is 6.92 Å². The quantitative estimate of drug-likeness (QED) is 0.514. The Balaban J connectivity index is 2.22. The van der Waals surface area contributed by atoms with Crippen LogP contribution in [0, 0.1) is 0 Å². The van der Waals surface area contributed by atoms with Gasteiger partial charge in [0.05, 0.1) is 6.10 Å². The van der Waals surface area contributed by atoms with E-state index in [0.717, 1.165) is 25.9 Å². The van der Waals surface area contributed by atoms with Crippen LogP contribution in [0.1, 0.15) is 32.6 Å². The van der Waals surface area contributed by atoms with Crippen molar-refractivity contribution in [3.63, 3.8) is 0 Å². The van der Waals surface area contributed by atoms with Crippen molar-refractivity contribution in [2.75, 3.05) is 13.2 Å². The smallest absolute Gasteiger partial charge is 0.333 e. The Morgan fingerprint density at radius 2 is 2.29 bits per heavy atom. The van der Waals surface area contributed by atoms with E-state index in [2.05, 4.69) is 6.58 Å². The molecule has 0 radical (unpaired) electrons. The third kappa shape index (κ3) is 3.92. The Kier molecular flexibility index (Phi) is 4.66. The second kappa shape index (κ2) is 5.81. The summed E-state index contributed by atoms with van der Waals surface area (Å²) in [5.41, 5.74) is 0.443. The molecule has 1 heterocycles. The summed E-state index contributed by atoms with van der Waals surface area (Å²) in [5.74, 6) is -0.321. The van der Waals surface area contributed by atoms with Crippen LogP contribution in [-0.4, -0.2) is 25.3 Å². The van der Waals surface area contributed by atoms with E-state index in [1.165, 1.54) is 6.42 Å². The van der Waals surface area contributed by atoms with Crippen molar-refractivity contribution in [2.24, 2.45) is 0 Å². The molecule has 0 aromatic heterocycles. The van der Waals surface area contributed by atoms with Gasteiger partial charge in [-0.15, -0.1) is 0 Å².